The van der Waals surface area contributed by atoms with E-state index in [0.29, 0.717) is 6.61 Å². The fourth-order valence-electron chi connectivity index (χ4n) is 1.16. The van der Waals surface area contributed by atoms with Gasteiger partial charge in [0.2, 0.25) is 0 Å². The van der Waals surface area contributed by atoms with Crippen molar-refractivity contribution in [3.05, 3.63) is 27.5 Å². The first-order valence-corrected chi connectivity index (χ1v) is 5.37. The van der Waals surface area contributed by atoms with E-state index in [-0.39, 0.29) is 5.97 Å². The van der Waals surface area contributed by atoms with Gasteiger partial charge >= 0.3 is 5.97 Å². The summed E-state index contributed by atoms with van der Waals surface area (Å²) in [5.41, 5.74) is 1.10. The van der Waals surface area contributed by atoms with Crippen LogP contribution in [-0.4, -0.2) is 12.6 Å². The zero-order valence-corrected chi connectivity index (χ0v) is 9.48. The number of carbonyl (C=O) groups excluding carboxylic acids is 1. The lowest BCUT2D eigenvalue weighted by Gasteiger charge is -1.94. The molecule has 0 saturated carbocycles. The second-order valence-electron chi connectivity index (χ2n) is 2.95. The van der Waals surface area contributed by atoms with Gasteiger partial charge < -0.3 is 4.74 Å². The average Bonchev–Trinajstić information content (AvgIpc) is 2.42. The molecule has 0 aliphatic rings. The van der Waals surface area contributed by atoms with Crippen molar-refractivity contribution in [1.29, 1.82) is 0 Å². The van der Waals surface area contributed by atoms with Crippen molar-refractivity contribution in [2.45, 2.75) is 20.8 Å². The van der Waals surface area contributed by atoms with Gasteiger partial charge in [-0.05, 0) is 38.5 Å². The first-order valence-electron chi connectivity index (χ1n) is 4.55. The van der Waals surface area contributed by atoms with E-state index in [1.165, 1.54) is 15.8 Å². The van der Waals surface area contributed by atoms with Crippen LogP contribution in [0.1, 0.15) is 22.2 Å². The Kier molecular flexibility index (Phi) is 3.89. The SMILES string of the molecule is CCOC(=O)C=Cc1cc(C)sc1C. The molecule has 0 spiro atoms. The summed E-state index contributed by atoms with van der Waals surface area (Å²) in [5, 5.41) is 0. The normalized spacial score (nSPS) is 10.8. The molecule has 0 radical (unpaired) electrons. The van der Waals surface area contributed by atoms with E-state index in [4.69, 9.17) is 4.74 Å². The van der Waals surface area contributed by atoms with Crippen molar-refractivity contribution in [3.8, 4) is 0 Å². The van der Waals surface area contributed by atoms with Crippen LogP contribution in [0.3, 0.4) is 0 Å². The van der Waals surface area contributed by atoms with Crippen molar-refractivity contribution in [2.75, 3.05) is 6.61 Å². The molecular weight excluding hydrogens is 196 g/mol. The summed E-state index contributed by atoms with van der Waals surface area (Å²) in [6, 6.07) is 2.07. The number of esters is 1. The lowest BCUT2D eigenvalue weighted by molar-refractivity contribution is -0.137. The number of aryl methyl sites for hydroxylation is 2. The Morgan fingerprint density at radius 1 is 1.57 bits per heavy atom. The van der Waals surface area contributed by atoms with Gasteiger partial charge in [-0.2, -0.15) is 0 Å². The zero-order chi connectivity index (χ0) is 10.6. The highest BCUT2D eigenvalue weighted by Crippen LogP contribution is 2.21. The summed E-state index contributed by atoms with van der Waals surface area (Å²) in [4.78, 5) is 13.5. The molecule has 2 nitrogen and oxygen atoms in total. The molecule has 3 heteroatoms. The Hall–Kier alpha value is -1.09. The largest absolute Gasteiger partial charge is 0.463 e. The van der Waals surface area contributed by atoms with Gasteiger partial charge in [-0.25, -0.2) is 4.79 Å². The summed E-state index contributed by atoms with van der Waals surface area (Å²) in [6.07, 6.45) is 3.27. The number of ether oxygens (including phenoxy) is 1. The smallest absolute Gasteiger partial charge is 0.330 e. The van der Waals surface area contributed by atoms with Gasteiger partial charge in [-0.3, -0.25) is 0 Å². The van der Waals surface area contributed by atoms with E-state index in [1.807, 2.05) is 6.92 Å². The molecule has 0 fully saturated rings. The predicted molar refractivity (Wildman–Crippen MR) is 59.5 cm³/mol. The lowest BCUT2D eigenvalue weighted by atomic mass is 10.2. The van der Waals surface area contributed by atoms with E-state index in [0.717, 1.165) is 5.56 Å². The maximum absolute atomic E-state index is 11.0. The van der Waals surface area contributed by atoms with E-state index < -0.39 is 0 Å². The van der Waals surface area contributed by atoms with E-state index in [2.05, 4.69) is 13.0 Å². The molecule has 1 aromatic rings. The number of thiophene rings is 1. The summed E-state index contributed by atoms with van der Waals surface area (Å²) in [5.74, 6) is -0.282. The summed E-state index contributed by atoms with van der Waals surface area (Å²) in [7, 11) is 0. The first-order chi connectivity index (χ1) is 6.63. The van der Waals surface area contributed by atoms with Crippen LogP contribution < -0.4 is 0 Å². The number of hydrogen-bond donors (Lipinski definition) is 0. The van der Waals surface area contributed by atoms with Crippen LogP contribution in [0.4, 0.5) is 0 Å². The summed E-state index contributed by atoms with van der Waals surface area (Å²) in [6.45, 7) is 6.32. The van der Waals surface area contributed by atoms with Crippen molar-refractivity contribution < 1.29 is 9.53 Å². The quantitative estimate of drug-likeness (QED) is 0.566. The molecule has 76 valence electrons. The minimum atomic E-state index is -0.282. The molecule has 1 heterocycles. The van der Waals surface area contributed by atoms with Gasteiger partial charge in [-0.1, -0.05) is 0 Å². The van der Waals surface area contributed by atoms with Crippen molar-refractivity contribution >= 4 is 23.4 Å². The van der Waals surface area contributed by atoms with Crippen molar-refractivity contribution in [3.63, 3.8) is 0 Å². The molecule has 1 rings (SSSR count). The van der Waals surface area contributed by atoms with Crippen LogP contribution in [0.15, 0.2) is 12.1 Å². The highest BCUT2D eigenvalue weighted by atomic mass is 32.1. The van der Waals surface area contributed by atoms with Gasteiger partial charge in [0.25, 0.3) is 0 Å². The molecular formula is C11H14O2S. The Bertz CT molecular complexity index is 350. The highest BCUT2D eigenvalue weighted by Gasteiger charge is 2.00. The molecule has 0 saturated heterocycles. The topological polar surface area (TPSA) is 26.3 Å². The van der Waals surface area contributed by atoms with E-state index >= 15 is 0 Å². The van der Waals surface area contributed by atoms with Crippen LogP contribution >= 0.6 is 11.3 Å². The third kappa shape index (κ3) is 3.00. The molecule has 0 aromatic carbocycles. The highest BCUT2D eigenvalue weighted by molar-refractivity contribution is 7.12. The van der Waals surface area contributed by atoms with Gasteiger partial charge in [0.1, 0.15) is 0 Å². The molecule has 0 aliphatic heterocycles. The maximum Gasteiger partial charge on any atom is 0.330 e. The van der Waals surface area contributed by atoms with Crippen LogP contribution in [0.5, 0.6) is 0 Å². The molecule has 0 aliphatic carbocycles. The van der Waals surface area contributed by atoms with Crippen molar-refractivity contribution in [2.24, 2.45) is 0 Å². The third-order valence-corrected chi connectivity index (χ3v) is 2.75. The van der Waals surface area contributed by atoms with Crippen LogP contribution in [-0.2, 0) is 9.53 Å². The second-order valence-corrected chi connectivity index (χ2v) is 4.41. The summed E-state index contributed by atoms with van der Waals surface area (Å²) >= 11 is 1.73. The van der Waals surface area contributed by atoms with Crippen LogP contribution in [0, 0.1) is 13.8 Å². The number of rotatable bonds is 3. The molecule has 14 heavy (non-hydrogen) atoms. The monoisotopic (exact) mass is 210 g/mol. The molecule has 0 amide bonds. The van der Waals surface area contributed by atoms with E-state index in [1.54, 1.807) is 24.3 Å². The number of carbonyl (C=O) groups is 1. The molecule has 0 N–H and O–H groups in total. The Morgan fingerprint density at radius 2 is 2.29 bits per heavy atom. The zero-order valence-electron chi connectivity index (χ0n) is 8.66. The van der Waals surface area contributed by atoms with E-state index in [9.17, 15) is 4.79 Å². The average molecular weight is 210 g/mol. The van der Waals surface area contributed by atoms with Gasteiger partial charge in [0, 0.05) is 15.8 Å². The Morgan fingerprint density at radius 3 is 2.79 bits per heavy atom. The number of hydrogen-bond acceptors (Lipinski definition) is 3. The molecule has 0 unspecified atom stereocenters. The Balaban J connectivity index is 2.68. The summed E-state index contributed by atoms with van der Waals surface area (Å²) < 4.78 is 4.79. The van der Waals surface area contributed by atoms with Crippen LogP contribution in [0.25, 0.3) is 6.08 Å². The standard InChI is InChI=1S/C11H14O2S/c1-4-13-11(12)6-5-10-7-8(2)14-9(10)3/h5-7H,4H2,1-3H3. The third-order valence-electron chi connectivity index (χ3n) is 1.76. The fourth-order valence-corrected chi connectivity index (χ4v) is 2.08. The lowest BCUT2D eigenvalue weighted by Crippen LogP contribution is -1.98. The first kappa shape index (κ1) is 11.0. The fraction of sp³-hybridized carbons (Fsp3) is 0.364. The Labute approximate surface area is 88.2 Å². The van der Waals surface area contributed by atoms with Gasteiger partial charge in [0.15, 0.2) is 0 Å². The molecule has 1 aromatic heterocycles. The molecule has 0 atom stereocenters. The van der Waals surface area contributed by atoms with Crippen LogP contribution in [0.2, 0.25) is 0 Å². The second kappa shape index (κ2) is 4.96. The minimum Gasteiger partial charge on any atom is -0.463 e. The molecule has 0 bridgehead atoms. The minimum absolute atomic E-state index is 0.282. The maximum atomic E-state index is 11.0. The van der Waals surface area contributed by atoms with Gasteiger partial charge in [-0.15, -0.1) is 11.3 Å². The van der Waals surface area contributed by atoms with Gasteiger partial charge in [0.05, 0.1) is 6.61 Å². The predicted octanol–water partition coefficient (Wildman–Crippen LogP) is 2.94. The van der Waals surface area contributed by atoms with Crippen molar-refractivity contribution in [1.82, 2.24) is 0 Å².